The van der Waals surface area contributed by atoms with Crippen molar-refractivity contribution in [3.05, 3.63) is 65.2 Å². The molecule has 1 heterocycles. The molecular formula is C26H34N2O4S. The summed E-state index contributed by atoms with van der Waals surface area (Å²) >= 11 is 0. The third kappa shape index (κ3) is 4.32. The Labute approximate surface area is 197 Å². The van der Waals surface area contributed by atoms with Crippen LogP contribution in [0.25, 0.3) is 0 Å². The van der Waals surface area contributed by atoms with E-state index in [4.69, 9.17) is 4.74 Å². The maximum absolute atomic E-state index is 11.7. The second-order valence-corrected chi connectivity index (χ2v) is 12.0. The summed E-state index contributed by atoms with van der Waals surface area (Å²) in [7, 11) is -1.56. The van der Waals surface area contributed by atoms with Crippen molar-refractivity contribution in [1.82, 2.24) is 4.90 Å². The van der Waals surface area contributed by atoms with Gasteiger partial charge in [0.25, 0.3) is 0 Å². The van der Waals surface area contributed by atoms with Gasteiger partial charge in [-0.15, -0.1) is 0 Å². The first-order chi connectivity index (χ1) is 15.7. The summed E-state index contributed by atoms with van der Waals surface area (Å²) in [6.45, 7) is 2.43. The number of ether oxygens (including phenoxy) is 1. The number of hydrogen-bond acceptors (Lipinski definition) is 5. The zero-order valence-electron chi connectivity index (χ0n) is 19.5. The Hall–Kier alpha value is -1.93. The molecule has 33 heavy (non-hydrogen) atoms. The lowest BCUT2D eigenvalue weighted by Crippen LogP contribution is -2.57. The van der Waals surface area contributed by atoms with Gasteiger partial charge in [-0.25, -0.2) is 8.42 Å². The van der Waals surface area contributed by atoms with Gasteiger partial charge in [-0.3, -0.25) is 9.62 Å². The fourth-order valence-electron chi connectivity index (χ4n) is 6.74. The molecule has 7 heteroatoms. The molecule has 2 bridgehead atoms. The molecule has 3 unspecified atom stereocenters. The number of β-amino-alcohol motifs (C(OH)–C–C–N with tert-alkyl or cyclic N) is 1. The van der Waals surface area contributed by atoms with Crippen LogP contribution in [-0.2, 0) is 33.2 Å². The molecule has 6 nitrogen and oxygen atoms in total. The van der Waals surface area contributed by atoms with Crippen molar-refractivity contribution in [3.8, 4) is 0 Å². The van der Waals surface area contributed by atoms with E-state index >= 15 is 0 Å². The molecule has 3 aliphatic rings. The minimum atomic E-state index is -3.34. The summed E-state index contributed by atoms with van der Waals surface area (Å²) < 4.78 is 32.4. The summed E-state index contributed by atoms with van der Waals surface area (Å²) in [4.78, 5) is 2.44. The van der Waals surface area contributed by atoms with Crippen LogP contribution in [0.3, 0.4) is 0 Å². The smallest absolute Gasteiger partial charge is 0.229 e. The van der Waals surface area contributed by atoms with Crippen molar-refractivity contribution in [2.75, 3.05) is 37.7 Å². The molecule has 0 aromatic heterocycles. The number of aliphatic hydroxyl groups is 1. The molecule has 178 valence electrons. The molecule has 2 aromatic carbocycles. The number of piperidine rings is 1. The van der Waals surface area contributed by atoms with E-state index in [0.29, 0.717) is 30.5 Å². The summed E-state index contributed by atoms with van der Waals surface area (Å²) in [5, 5.41) is 11.5. The summed E-state index contributed by atoms with van der Waals surface area (Å²) in [6.07, 6.45) is 5.74. The Morgan fingerprint density at radius 1 is 1.09 bits per heavy atom. The van der Waals surface area contributed by atoms with Crippen LogP contribution in [0.15, 0.2) is 48.5 Å². The predicted octanol–water partition coefficient (Wildman–Crippen LogP) is 3.16. The molecular weight excluding hydrogens is 436 g/mol. The van der Waals surface area contributed by atoms with Gasteiger partial charge < -0.3 is 9.84 Å². The van der Waals surface area contributed by atoms with E-state index in [1.807, 2.05) is 12.1 Å². The van der Waals surface area contributed by atoms with Gasteiger partial charge in [0, 0.05) is 50.7 Å². The number of fused-ring (bicyclic) bond motifs is 3. The lowest BCUT2D eigenvalue weighted by molar-refractivity contribution is -0.129. The lowest BCUT2D eigenvalue weighted by Gasteiger charge is -2.49. The van der Waals surface area contributed by atoms with Crippen molar-refractivity contribution in [2.24, 2.45) is 11.8 Å². The molecule has 3 atom stereocenters. The van der Waals surface area contributed by atoms with Gasteiger partial charge in [0.2, 0.25) is 10.0 Å². The summed E-state index contributed by atoms with van der Waals surface area (Å²) in [6, 6.07) is 16.1. The highest BCUT2D eigenvalue weighted by Gasteiger charge is 2.56. The van der Waals surface area contributed by atoms with Crippen LogP contribution < -0.4 is 4.72 Å². The van der Waals surface area contributed by atoms with Crippen LogP contribution in [0, 0.1) is 11.8 Å². The standard InChI is InChI=1S/C26H34N2O4S/c1-32-26(21-8-5-9-24(14-21)27-33(2,30)31)22-10-11-23(26)17-28(16-22)18-25(29)13-12-19-6-3-4-7-20(19)15-25/h3-9,14,22-23,27,29H,10-13,15-18H2,1-2H3. The van der Waals surface area contributed by atoms with Crippen LogP contribution in [0.4, 0.5) is 5.69 Å². The number of likely N-dealkylation sites (tertiary alicyclic amines) is 1. The summed E-state index contributed by atoms with van der Waals surface area (Å²) in [5.74, 6) is 0.600. The third-order valence-corrected chi connectivity index (χ3v) is 8.61. The van der Waals surface area contributed by atoms with E-state index in [1.54, 1.807) is 13.2 Å². The molecule has 2 aliphatic carbocycles. The van der Waals surface area contributed by atoms with E-state index in [1.165, 1.54) is 17.4 Å². The van der Waals surface area contributed by atoms with E-state index < -0.39 is 21.2 Å². The minimum absolute atomic E-state index is 0.300. The van der Waals surface area contributed by atoms with Crippen LogP contribution in [0.1, 0.15) is 36.0 Å². The molecule has 2 fully saturated rings. The average molecular weight is 471 g/mol. The predicted molar refractivity (Wildman–Crippen MR) is 130 cm³/mol. The van der Waals surface area contributed by atoms with E-state index in [0.717, 1.165) is 44.3 Å². The second kappa shape index (κ2) is 8.38. The number of nitrogens with zero attached hydrogens (tertiary/aromatic N) is 1. The van der Waals surface area contributed by atoms with Crippen molar-refractivity contribution in [1.29, 1.82) is 0 Å². The van der Waals surface area contributed by atoms with Gasteiger partial charge in [0.05, 0.1) is 11.9 Å². The highest BCUT2D eigenvalue weighted by molar-refractivity contribution is 7.92. The molecule has 0 radical (unpaired) electrons. The number of sulfonamides is 1. The zero-order chi connectivity index (χ0) is 23.3. The molecule has 0 amide bonds. The van der Waals surface area contributed by atoms with Gasteiger partial charge in [-0.1, -0.05) is 36.4 Å². The van der Waals surface area contributed by atoms with E-state index in [-0.39, 0.29) is 0 Å². The van der Waals surface area contributed by atoms with Crippen LogP contribution in [0.5, 0.6) is 0 Å². The SMILES string of the molecule is COC1(c2cccc(NS(C)(=O)=O)c2)C2CCC1CN(CC1(O)CCc3ccccc3C1)C2. The van der Waals surface area contributed by atoms with Crippen LogP contribution in [0.2, 0.25) is 0 Å². The minimum Gasteiger partial charge on any atom is -0.388 e. The number of anilines is 1. The van der Waals surface area contributed by atoms with Crippen molar-refractivity contribution in [2.45, 2.75) is 43.3 Å². The highest BCUT2D eigenvalue weighted by Crippen LogP contribution is 2.54. The van der Waals surface area contributed by atoms with Gasteiger partial charge in [0.1, 0.15) is 5.60 Å². The Bertz CT molecular complexity index is 1120. The van der Waals surface area contributed by atoms with Crippen molar-refractivity contribution in [3.63, 3.8) is 0 Å². The van der Waals surface area contributed by atoms with Gasteiger partial charge in [0.15, 0.2) is 0 Å². The number of hydrogen-bond donors (Lipinski definition) is 2. The molecule has 5 rings (SSSR count). The monoisotopic (exact) mass is 470 g/mol. The Balaban J connectivity index is 1.35. The molecule has 1 saturated carbocycles. The Morgan fingerprint density at radius 3 is 2.45 bits per heavy atom. The Morgan fingerprint density at radius 2 is 1.79 bits per heavy atom. The largest absolute Gasteiger partial charge is 0.388 e. The van der Waals surface area contributed by atoms with E-state index in [2.05, 4.69) is 40.0 Å². The first kappa shape index (κ1) is 22.8. The topological polar surface area (TPSA) is 78.9 Å². The number of aryl methyl sites for hydroxylation is 1. The van der Waals surface area contributed by atoms with Crippen molar-refractivity contribution < 1.29 is 18.3 Å². The maximum atomic E-state index is 11.7. The second-order valence-electron chi connectivity index (χ2n) is 10.3. The Kier molecular flexibility index (Phi) is 5.80. The summed E-state index contributed by atoms with van der Waals surface area (Å²) in [5.41, 5.74) is 3.13. The molecule has 1 aliphatic heterocycles. The normalized spacial score (nSPS) is 31.8. The van der Waals surface area contributed by atoms with Gasteiger partial charge in [-0.05, 0) is 54.5 Å². The molecule has 1 saturated heterocycles. The average Bonchev–Trinajstić information content (AvgIpc) is 2.96. The van der Waals surface area contributed by atoms with E-state index in [9.17, 15) is 13.5 Å². The third-order valence-electron chi connectivity index (χ3n) is 8.00. The number of nitrogens with one attached hydrogen (secondary N) is 1. The maximum Gasteiger partial charge on any atom is 0.229 e. The number of rotatable bonds is 6. The fraction of sp³-hybridized carbons (Fsp3) is 0.538. The first-order valence-corrected chi connectivity index (χ1v) is 13.7. The lowest BCUT2D eigenvalue weighted by atomic mass is 9.74. The van der Waals surface area contributed by atoms with Crippen molar-refractivity contribution >= 4 is 15.7 Å². The molecule has 2 N–H and O–H groups in total. The number of methoxy groups -OCH3 is 1. The van der Waals surface area contributed by atoms with Gasteiger partial charge >= 0.3 is 0 Å². The molecule has 0 spiro atoms. The van der Waals surface area contributed by atoms with Gasteiger partial charge in [-0.2, -0.15) is 0 Å². The quantitative estimate of drug-likeness (QED) is 0.678. The number of benzene rings is 2. The van der Waals surface area contributed by atoms with Crippen LogP contribution >= 0.6 is 0 Å². The molecule has 2 aromatic rings. The first-order valence-electron chi connectivity index (χ1n) is 11.9. The highest BCUT2D eigenvalue weighted by atomic mass is 32.2. The fourth-order valence-corrected chi connectivity index (χ4v) is 7.30. The van der Waals surface area contributed by atoms with Crippen LogP contribution in [-0.4, -0.2) is 57.0 Å². The zero-order valence-corrected chi connectivity index (χ0v) is 20.3.